The molecule has 6 aromatic rings. The maximum absolute atomic E-state index is 4.85. The number of benzene rings is 2. The van der Waals surface area contributed by atoms with Gasteiger partial charge in [0.15, 0.2) is 0 Å². The van der Waals surface area contributed by atoms with Gasteiger partial charge in [-0.25, -0.2) is 19.9 Å². The summed E-state index contributed by atoms with van der Waals surface area (Å²) < 4.78 is 2.06. The molecule has 2 aromatic carbocycles. The third-order valence-corrected chi connectivity index (χ3v) is 5.90. The molecule has 0 saturated heterocycles. The molecule has 0 aliphatic carbocycles. The van der Waals surface area contributed by atoms with Crippen LogP contribution >= 0.6 is 0 Å². The number of nitrogens with zero attached hydrogens (tertiary/aromatic N) is 5. The summed E-state index contributed by atoms with van der Waals surface area (Å²) in [5, 5.41) is 7.83. The molecule has 7 heteroatoms. The molecule has 35 heavy (non-hydrogen) atoms. The van der Waals surface area contributed by atoms with Crippen LogP contribution in [-0.4, -0.2) is 24.3 Å². The lowest BCUT2D eigenvalue weighted by Crippen LogP contribution is -2.06. The lowest BCUT2D eigenvalue weighted by atomic mass is 10.1. The fourth-order valence-electron chi connectivity index (χ4n) is 4.27. The summed E-state index contributed by atoms with van der Waals surface area (Å²) in [7, 11) is 0. The summed E-state index contributed by atoms with van der Waals surface area (Å²) in [6.45, 7) is 1.32. The Morgan fingerprint density at radius 1 is 0.629 bits per heavy atom. The molecule has 0 aliphatic rings. The molecule has 0 unspecified atom stereocenters. The Balaban J connectivity index is 1.40. The molecular formula is C28H23N7. The number of rotatable bonds is 7. The number of fused-ring (bicyclic) bond motifs is 3. The molecule has 7 nitrogen and oxygen atoms in total. The Morgan fingerprint density at radius 2 is 1.34 bits per heavy atom. The topological polar surface area (TPSA) is 80.0 Å². The van der Waals surface area contributed by atoms with Crippen molar-refractivity contribution in [2.75, 3.05) is 10.6 Å². The molecule has 170 valence electrons. The number of hydrogen-bond acceptors (Lipinski definition) is 6. The maximum atomic E-state index is 4.85. The monoisotopic (exact) mass is 457 g/mol. The summed E-state index contributed by atoms with van der Waals surface area (Å²) >= 11 is 0. The smallest absolute Gasteiger partial charge is 0.223 e. The average molecular weight is 458 g/mol. The number of aromatic nitrogens is 5. The number of hydrogen-bond donors (Lipinski definition) is 2. The Morgan fingerprint density at radius 3 is 2.11 bits per heavy atom. The van der Waals surface area contributed by atoms with Gasteiger partial charge in [-0.15, -0.1) is 0 Å². The van der Waals surface area contributed by atoms with E-state index in [-0.39, 0.29) is 0 Å². The van der Waals surface area contributed by atoms with Crippen molar-refractivity contribution in [3.8, 4) is 11.3 Å². The molecule has 0 atom stereocenters. The highest BCUT2D eigenvalue weighted by Crippen LogP contribution is 2.35. The summed E-state index contributed by atoms with van der Waals surface area (Å²) in [5.74, 6) is 1.32. The molecule has 0 aliphatic heterocycles. The van der Waals surface area contributed by atoms with Crippen LogP contribution in [0.5, 0.6) is 0 Å². The van der Waals surface area contributed by atoms with Crippen LogP contribution in [0.15, 0.2) is 104 Å². The molecule has 0 radical (unpaired) electrons. The van der Waals surface area contributed by atoms with Crippen molar-refractivity contribution in [2.45, 2.75) is 13.1 Å². The van der Waals surface area contributed by atoms with Gasteiger partial charge in [-0.3, -0.25) is 4.40 Å². The summed E-state index contributed by atoms with van der Waals surface area (Å²) in [6, 6.07) is 28.5. The van der Waals surface area contributed by atoms with Crippen molar-refractivity contribution in [1.29, 1.82) is 0 Å². The second-order valence-electron chi connectivity index (χ2n) is 8.18. The minimum absolute atomic E-state index is 0.583. The normalized spacial score (nSPS) is 11.1. The number of anilines is 2. The lowest BCUT2D eigenvalue weighted by Gasteiger charge is -2.09. The summed E-state index contributed by atoms with van der Waals surface area (Å²) in [4.78, 5) is 18.6. The molecular weight excluding hydrogens is 434 g/mol. The third kappa shape index (κ3) is 4.15. The SMILES string of the molecule is c1ccc(CNc2nccc(-c3c4cccnc4n4c(NCc5ccccc5)nccc34)n2)cc1. The van der Waals surface area contributed by atoms with Crippen LogP contribution in [0.25, 0.3) is 27.8 Å². The van der Waals surface area contributed by atoms with Gasteiger partial charge in [0.25, 0.3) is 0 Å². The highest BCUT2D eigenvalue weighted by atomic mass is 15.2. The van der Waals surface area contributed by atoms with Crippen LogP contribution in [0.4, 0.5) is 11.9 Å². The van der Waals surface area contributed by atoms with Crippen molar-refractivity contribution in [1.82, 2.24) is 24.3 Å². The fraction of sp³-hybridized carbons (Fsp3) is 0.0714. The zero-order valence-electron chi connectivity index (χ0n) is 19.0. The first-order valence-electron chi connectivity index (χ1n) is 11.5. The van der Waals surface area contributed by atoms with E-state index in [1.54, 1.807) is 12.4 Å². The van der Waals surface area contributed by atoms with E-state index in [0.29, 0.717) is 19.0 Å². The van der Waals surface area contributed by atoms with Crippen LogP contribution in [0, 0.1) is 0 Å². The first-order valence-corrected chi connectivity index (χ1v) is 11.5. The second-order valence-corrected chi connectivity index (χ2v) is 8.18. The molecule has 0 bridgehead atoms. The van der Waals surface area contributed by atoms with Gasteiger partial charge in [0.05, 0.1) is 11.2 Å². The first-order chi connectivity index (χ1) is 17.4. The maximum Gasteiger partial charge on any atom is 0.223 e. The highest BCUT2D eigenvalue weighted by Gasteiger charge is 2.18. The second kappa shape index (κ2) is 9.23. The van der Waals surface area contributed by atoms with E-state index in [9.17, 15) is 0 Å². The van der Waals surface area contributed by atoms with Gasteiger partial charge in [-0.1, -0.05) is 60.7 Å². The van der Waals surface area contributed by atoms with E-state index >= 15 is 0 Å². The molecule has 2 N–H and O–H groups in total. The van der Waals surface area contributed by atoms with E-state index in [1.807, 2.05) is 60.8 Å². The highest BCUT2D eigenvalue weighted by molar-refractivity contribution is 6.04. The largest absolute Gasteiger partial charge is 0.351 e. The molecule has 0 saturated carbocycles. The quantitative estimate of drug-likeness (QED) is 0.327. The fourth-order valence-corrected chi connectivity index (χ4v) is 4.27. The van der Waals surface area contributed by atoms with Crippen LogP contribution in [0.1, 0.15) is 11.1 Å². The standard InChI is InChI=1S/C28H23N7/c1-3-8-20(9-4-1)18-32-27-30-16-13-23(34-27)25-22-12-7-15-29-26(22)35-24(25)14-17-31-28(35)33-19-21-10-5-2-6-11-21/h1-17H,18-19H2,(H,31,33)(H,30,32,34). The van der Waals surface area contributed by atoms with Gasteiger partial charge >= 0.3 is 0 Å². The van der Waals surface area contributed by atoms with Gasteiger partial charge < -0.3 is 10.6 Å². The zero-order valence-corrected chi connectivity index (χ0v) is 19.0. The van der Waals surface area contributed by atoms with Crippen LogP contribution in [0.2, 0.25) is 0 Å². The average Bonchev–Trinajstić information content (AvgIpc) is 3.27. The third-order valence-electron chi connectivity index (χ3n) is 5.90. The molecule has 0 amide bonds. The van der Waals surface area contributed by atoms with Gasteiger partial charge in [-0.2, -0.15) is 0 Å². The van der Waals surface area contributed by atoms with Gasteiger partial charge in [0, 0.05) is 42.6 Å². The van der Waals surface area contributed by atoms with Crippen LogP contribution < -0.4 is 10.6 Å². The summed E-state index contributed by atoms with van der Waals surface area (Å²) in [6.07, 6.45) is 5.41. The Bertz CT molecular complexity index is 1590. The number of pyridine rings is 1. The van der Waals surface area contributed by atoms with Gasteiger partial charge in [0.2, 0.25) is 11.9 Å². The van der Waals surface area contributed by atoms with E-state index in [1.165, 1.54) is 11.1 Å². The Hall–Kier alpha value is -4.78. The molecule has 6 rings (SSSR count). The van der Waals surface area contributed by atoms with E-state index in [4.69, 9.17) is 9.97 Å². The van der Waals surface area contributed by atoms with Crippen LogP contribution in [0.3, 0.4) is 0 Å². The lowest BCUT2D eigenvalue weighted by molar-refractivity contribution is 1.03. The van der Waals surface area contributed by atoms with Gasteiger partial charge in [0.1, 0.15) is 5.65 Å². The Labute approximate surface area is 202 Å². The first kappa shape index (κ1) is 20.8. The predicted octanol–water partition coefficient (Wildman–Crippen LogP) is 5.56. The molecule has 0 spiro atoms. The number of nitrogens with one attached hydrogen (secondary N) is 2. The van der Waals surface area contributed by atoms with Crippen LogP contribution in [-0.2, 0) is 13.1 Å². The van der Waals surface area contributed by atoms with Crippen molar-refractivity contribution in [3.63, 3.8) is 0 Å². The van der Waals surface area contributed by atoms with Gasteiger partial charge in [-0.05, 0) is 35.4 Å². The zero-order chi connectivity index (χ0) is 23.5. The molecule has 4 heterocycles. The Kier molecular flexibility index (Phi) is 5.48. The molecule has 0 fully saturated rings. The van der Waals surface area contributed by atoms with Crippen molar-refractivity contribution in [3.05, 3.63) is 115 Å². The van der Waals surface area contributed by atoms with E-state index in [0.717, 1.165) is 33.8 Å². The summed E-state index contributed by atoms with van der Waals surface area (Å²) in [5.41, 5.74) is 6.00. The molecule has 4 aromatic heterocycles. The van der Waals surface area contributed by atoms with E-state index < -0.39 is 0 Å². The van der Waals surface area contributed by atoms with E-state index in [2.05, 4.69) is 55.3 Å². The van der Waals surface area contributed by atoms with Crippen molar-refractivity contribution < 1.29 is 0 Å². The minimum Gasteiger partial charge on any atom is -0.351 e. The van der Waals surface area contributed by atoms with Crippen molar-refractivity contribution >= 4 is 28.4 Å². The minimum atomic E-state index is 0.583. The predicted molar refractivity (Wildman–Crippen MR) is 139 cm³/mol. The van der Waals surface area contributed by atoms with Crippen molar-refractivity contribution in [2.24, 2.45) is 0 Å².